The largest absolute Gasteiger partial charge is 0.320 e. The van der Waals surface area contributed by atoms with Crippen LogP contribution < -0.4 is 4.80 Å². The van der Waals surface area contributed by atoms with Crippen LogP contribution in [0, 0.1) is 13.8 Å². The molecule has 0 amide bonds. The number of benzene rings is 1. The summed E-state index contributed by atoms with van der Waals surface area (Å²) in [6.07, 6.45) is 0. The van der Waals surface area contributed by atoms with Crippen LogP contribution in [0.5, 0.6) is 0 Å². The SMILES string of the molecule is CCn1c(C)c(C(C)(C)C)s/c1=N\S(=O)(=O)c1ccc(C)cc1. The maximum absolute atomic E-state index is 12.6. The third kappa shape index (κ3) is 3.75. The number of aromatic nitrogens is 1. The Bertz CT molecular complexity index is 865. The van der Waals surface area contributed by atoms with Crippen molar-refractivity contribution in [1.82, 2.24) is 4.57 Å². The summed E-state index contributed by atoms with van der Waals surface area (Å²) >= 11 is 1.46. The van der Waals surface area contributed by atoms with Gasteiger partial charge in [-0.3, -0.25) is 0 Å². The Morgan fingerprint density at radius 1 is 1.13 bits per heavy atom. The number of hydrogen-bond acceptors (Lipinski definition) is 3. The normalized spacial score (nSPS) is 13.6. The molecule has 0 atom stereocenters. The van der Waals surface area contributed by atoms with E-state index in [2.05, 4.69) is 25.2 Å². The average molecular weight is 353 g/mol. The van der Waals surface area contributed by atoms with Crippen molar-refractivity contribution in [3.63, 3.8) is 0 Å². The second kappa shape index (κ2) is 6.24. The minimum absolute atomic E-state index is 0.0347. The number of hydrogen-bond donors (Lipinski definition) is 0. The van der Waals surface area contributed by atoms with Crippen LogP contribution in [0.15, 0.2) is 33.6 Å². The van der Waals surface area contributed by atoms with E-state index in [9.17, 15) is 8.42 Å². The molecule has 2 aromatic rings. The molecule has 0 fully saturated rings. The lowest BCUT2D eigenvalue weighted by Crippen LogP contribution is -2.17. The van der Waals surface area contributed by atoms with Gasteiger partial charge in [-0.15, -0.1) is 15.7 Å². The zero-order valence-electron chi connectivity index (χ0n) is 14.5. The third-order valence-corrected chi connectivity index (χ3v) is 6.68. The van der Waals surface area contributed by atoms with Crippen molar-refractivity contribution in [2.45, 2.75) is 58.4 Å². The molecule has 0 aliphatic carbocycles. The number of thiazole rings is 1. The summed E-state index contributed by atoms with van der Waals surface area (Å²) in [6, 6.07) is 6.79. The molecule has 126 valence electrons. The van der Waals surface area contributed by atoms with Gasteiger partial charge in [0, 0.05) is 17.1 Å². The van der Waals surface area contributed by atoms with Gasteiger partial charge in [0.15, 0.2) is 0 Å². The van der Waals surface area contributed by atoms with E-state index in [-0.39, 0.29) is 10.3 Å². The van der Waals surface area contributed by atoms with Gasteiger partial charge in [-0.25, -0.2) is 0 Å². The predicted molar refractivity (Wildman–Crippen MR) is 95.3 cm³/mol. The highest BCUT2D eigenvalue weighted by molar-refractivity contribution is 7.90. The molecule has 0 saturated carbocycles. The molecule has 0 unspecified atom stereocenters. The van der Waals surface area contributed by atoms with Crippen molar-refractivity contribution in [1.29, 1.82) is 0 Å². The molecule has 6 heteroatoms. The summed E-state index contributed by atoms with van der Waals surface area (Å²) in [4.78, 5) is 1.93. The van der Waals surface area contributed by atoms with Gasteiger partial charge in [0.1, 0.15) is 0 Å². The predicted octanol–water partition coefficient (Wildman–Crippen LogP) is 3.77. The fraction of sp³-hybridized carbons (Fsp3) is 0.471. The molecule has 1 aromatic carbocycles. The van der Waals surface area contributed by atoms with Crippen LogP contribution in [0.4, 0.5) is 0 Å². The first kappa shape index (κ1) is 17.9. The number of sulfonamides is 1. The van der Waals surface area contributed by atoms with E-state index in [1.165, 1.54) is 11.3 Å². The fourth-order valence-corrected chi connectivity index (χ4v) is 4.94. The second-order valence-electron chi connectivity index (χ2n) is 6.67. The summed E-state index contributed by atoms with van der Waals surface area (Å²) < 4.78 is 31.2. The standard InChI is InChI=1S/C17H24N2O2S2/c1-7-19-13(3)15(17(4,5)6)22-16(19)18-23(20,21)14-10-8-12(2)9-11-14/h8-11H,7H2,1-6H3/b18-16-. The Morgan fingerprint density at radius 2 is 1.70 bits per heavy atom. The Labute approximate surface area is 142 Å². The van der Waals surface area contributed by atoms with Crippen LogP contribution in [0.2, 0.25) is 0 Å². The lowest BCUT2D eigenvalue weighted by Gasteiger charge is -2.17. The van der Waals surface area contributed by atoms with Crippen LogP contribution in [-0.2, 0) is 22.0 Å². The molecule has 4 nitrogen and oxygen atoms in total. The lowest BCUT2D eigenvalue weighted by atomic mass is 9.93. The molecule has 1 heterocycles. The van der Waals surface area contributed by atoms with Gasteiger partial charge in [-0.2, -0.15) is 8.42 Å². The minimum Gasteiger partial charge on any atom is -0.320 e. The fourth-order valence-electron chi connectivity index (χ4n) is 2.49. The van der Waals surface area contributed by atoms with E-state index >= 15 is 0 Å². The smallest absolute Gasteiger partial charge is 0.285 e. The van der Waals surface area contributed by atoms with E-state index < -0.39 is 10.0 Å². The van der Waals surface area contributed by atoms with Crippen molar-refractivity contribution in [2.75, 3.05) is 0 Å². The van der Waals surface area contributed by atoms with Gasteiger partial charge >= 0.3 is 0 Å². The van der Waals surface area contributed by atoms with Crippen LogP contribution in [0.25, 0.3) is 0 Å². The van der Waals surface area contributed by atoms with Gasteiger partial charge in [0.05, 0.1) is 4.90 Å². The summed E-state index contributed by atoms with van der Waals surface area (Å²) in [5.74, 6) is 0. The molecule has 2 rings (SSSR count). The molecule has 0 saturated heterocycles. The lowest BCUT2D eigenvalue weighted by molar-refractivity contribution is 0.585. The van der Waals surface area contributed by atoms with Gasteiger partial charge in [0.25, 0.3) is 10.0 Å². The summed E-state index contributed by atoms with van der Waals surface area (Å²) in [5, 5.41) is 0. The zero-order valence-corrected chi connectivity index (χ0v) is 16.2. The van der Waals surface area contributed by atoms with Gasteiger partial charge in [-0.05, 0) is 38.3 Å². The maximum atomic E-state index is 12.6. The quantitative estimate of drug-likeness (QED) is 0.844. The minimum atomic E-state index is -3.70. The van der Waals surface area contributed by atoms with Crippen molar-refractivity contribution in [3.8, 4) is 0 Å². The number of rotatable bonds is 3. The van der Waals surface area contributed by atoms with Crippen molar-refractivity contribution in [2.24, 2.45) is 4.40 Å². The molecule has 0 spiro atoms. The molecule has 23 heavy (non-hydrogen) atoms. The molecule has 0 aliphatic heterocycles. The summed E-state index contributed by atoms with van der Waals surface area (Å²) in [7, 11) is -3.70. The first-order valence-electron chi connectivity index (χ1n) is 7.64. The van der Waals surface area contributed by atoms with Crippen molar-refractivity contribution < 1.29 is 8.42 Å². The summed E-state index contributed by atoms with van der Waals surface area (Å²) in [6.45, 7) is 13.0. The van der Waals surface area contributed by atoms with Crippen LogP contribution in [0.3, 0.4) is 0 Å². The molecular weight excluding hydrogens is 328 g/mol. The van der Waals surface area contributed by atoms with E-state index in [0.29, 0.717) is 11.3 Å². The topological polar surface area (TPSA) is 51.4 Å². The highest BCUT2D eigenvalue weighted by atomic mass is 32.2. The highest BCUT2D eigenvalue weighted by Crippen LogP contribution is 2.28. The van der Waals surface area contributed by atoms with Crippen molar-refractivity contribution in [3.05, 3.63) is 45.2 Å². The molecule has 0 radical (unpaired) electrons. The monoisotopic (exact) mass is 352 g/mol. The Hall–Kier alpha value is -1.40. The molecular formula is C17H24N2O2S2. The maximum Gasteiger partial charge on any atom is 0.285 e. The molecule has 0 bridgehead atoms. The Morgan fingerprint density at radius 3 is 2.17 bits per heavy atom. The average Bonchev–Trinajstić information content (AvgIpc) is 2.74. The van der Waals surface area contributed by atoms with Gasteiger partial charge in [-0.1, -0.05) is 38.5 Å². The Kier molecular flexibility index (Phi) is 4.87. The molecule has 1 aromatic heterocycles. The first-order chi connectivity index (χ1) is 10.6. The van der Waals surface area contributed by atoms with E-state index in [4.69, 9.17) is 0 Å². The van der Waals surface area contributed by atoms with Gasteiger partial charge < -0.3 is 4.57 Å². The third-order valence-electron chi connectivity index (χ3n) is 3.67. The Balaban J connectivity index is 2.65. The first-order valence-corrected chi connectivity index (χ1v) is 9.90. The number of aryl methyl sites for hydroxylation is 1. The van der Waals surface area contributed by atoms with Gasteiger partial charge in [0.2, 0.25) is 4.80 Å². The van der Waals surface area contributed by atoms with Crippen LogP contribution in [0.1, 0.15) is 43.8 Å². The number of nitrogens with zero attached hydrogens (tertiary/aromatic N) is 2. The molecule has 0 aliphatic rings. The van der Waals surface area contributed by atoms with E-state index in [1.54, 1.807) is 24.3 Å². The zero-order chi connectivity index (χ0) is 17.4. The van der Waals surface area contributed by atoms with E-state index in [0.717, 1.165) is 16.1 Å². The van der Waals surface area contributed by atoms with E-state index in [1.807, 2.05) is 25.3 Å². The molecule has 0 N–H and O–H groups in total. The van der Waals surface area contributed by atoms with Crippen molar-refractivity contribution >= 4 is 21.4 Å². The second-order valence-corrected chi connectivity index (χ2v) is 9.25. The summed E-state index contributed by atoms with van der Waals surface area (Å²) in [5.41, 5.74) is 2.07. The highest BCUT2D eigenvalue weighted by Gasteiger charge is 2.22. The van der Waals surface area contributed by atoms with Crippen LogP contribution >= 0.6 is 11.3 Å². The van der Waals surface area contributed by atoms with Crippen LogP contribution in [-0.4, -0.2) is 13.0 Å².